The molecule has 246 valence electrons. The van der Waals surface area contributed by atoms with Crippen LogP contribution >= 0.6 is 0 Å². The number of nitrogens with one attached hydrogen (secondary N) is 2. The van der Waals surface area contributed by atoms with Gasteiger partial charge in [0.1, 0.15) is 0 Å². The van der Waals surface area contributed by atoms with Gasteiger partial charge in [0.25, 0.3) is 0 Å². The third-order valence-electron chi connectivity index (χ3n) is 9.70. The Morgan fingerprint density at radius 3 is 1.25 bits per heavy atom. The van der Waals surface area contributed by atoms with Crippen LogP contribution in [0.25, 0.3) is 90.9 Å². The van der Waals surface area contributed by atoms with Crippen molar-refractivity contribution in [2.75, 3.05) is 0 Å². The van der Waals surface area contributed by atoms with Crippen LogP contribution in [0, 0.1) is 11.3 Å². The van der Waals surface area contributed by atoms with Crippen molar-refractivity contribution in [3.05, 3.63) is 168 Å². The van der Waals surface area contributed by atoms with Crippen molar-refractivity contribution in [1.29, 1.82) is 5.26 Å². The number of nitriles is 1. The van der Waals surface area contributed by atoms with Gasteiger partial charge in [0.2, 0.25) is 0 Å². The number of hydrogen-bond acceptors (Lipinski definition) is 3. The van der Waals surface area contributed by atoms with Crippen LogP contribution in [0.4, 0.5) is 0 Å². The normalized spacial score (nSPS) is 11.8. The SMILES string of the molecule is N#CCCc1cc2[nH]c1c(-c1ccccc1)c1nc(c(-c3ccccc3)c3ccc([nH]3)c(-c3ccccc3)c3nc(c2-c2ccccc2)C=C3)C=C1. The van der Waals surface area contributed by atoms with Gasteiger partial charge in [-0.3, -0.25) is 0 Å². The molecule has 5 heteroatoms. The third-order valence-corrected chi connectivity index (χ3v) is 9.70. The maximum absolute atomic E-state index is 9.75. The molecule has 5 nitrogen and oxygen atoms in total. The van der Waals surface area contributed by atoms with E-state index < -0.39 is 0 Å². The van der Waals surface area contributed by atoms with Crippen LogP contribution in [0.3, 0.4) is 0 Å². The van der Waals surface area contributed by atoms with Crippen molar-refractivity contribution >= 4 is 46.4 Å². The van der Waals surface area contributed by atoms with Gasteiger partial charge in [0, 0.05) is 45.2 Å². The van der Waals surface area contributed by atoms with E-state index in [2.05, 4.69) is 156 Å². The van der Waals surface area contributed by atoms with Gasteiger partial charge in [-0.05, 0) is 76.7 Å². The number of hydrogen-bond donors (Lipinski definition) is 2. The van der Waals surface area contributed by atoms with Gasteiger partial charge in [-0.25, -0.2) is 9.97 Å². The Bertz CT molecular complexity index is 2710. The Morgan fingerprint density at radius 1 is 0.442 bits per heavy atom. The average Bonchev–Trinajstić information content (AvgIpc) is 4.03. The highest BCUT2D eigenvalue weighted by atomic mass is 14.8. The molecule has 5 heterocycles. The first kappa shape index (κ1) is 31.0. The van der Waals surface area contributed by atoms with E-state index in [0.29, 0.717) is 12.8 Å². The summed E-state index contributed by atoms with van der Waals surface area (Å²) in [5.41, 5.74) is 16.6. The Hall–Kier alpha value is -7.03. The maximum atomic E-state index is 9.75. The van der Waals surface area contributed by atoms with Crippen LogP contribution in [0.15, 0.2) is 140 Å². The van der Waals surface area contributed by atoms with Crippen LogP contribution in [-0.4, -0.2) is 19.9 Å². The molecule has 0 atom stereocenters. The second-order valence-corrected chi connectivity index (χ2v) is 12.9. The van der Waals surface area contributed by atoms with E-state index in [0.717, 1.165) is 94.9 Å². The fraction of sp³-hybridized carbons (Fsp3) is 0.0426. The number of nitrogens with zero attached hydrogens (tertiary/aromatic N) is 3. The molecule has 0 saturated heterocycles. The minimum absolute atomic E-state index is 0.391. The van der Waals surface area contributed by atoms with E-state index in [1.165, 1.54) is 0 Å². The molecule has 3 aromatic heterocycles. The molecule has 2 aliphatic rings. The minimum Gasteiger partial charge on any atom is -0.354 e. The van der Waals surface area contributed by atoms with Crippen LogP contribution in [0.1, 0.15) is 34.8 Å². The molecule has 2 aliphatic heterocycles. The molecule has 9 rings (SSSR count). The molecule has 8 bridgehead atoms. The van der Waals surface area contributed by atoms with Crippen molar-refractivity contribution in [3.63, 3.8) is 0 Å². The fourth-order valence-corrected chi connectivity index (χ4v) is 7.37. The first-order chi connectivity index (χ1) is 25.7. The Labute approximate surface area is 302 Å². The van der Waals surface area contributed by atoms with Crippen molar-refractivity contribution in [2.24, 2.45) is 0 Å². The van der Waals surface area contributed by atoms with Crippen LogP contribution in [0.5, 0.6) is 0 Å². The Morgan fingerprint density at radius 2 is 0.827 bits per heavy atom. The summed E-state index contributed by atoms with van der Waals surface area (Å²) < 4.78 is 0. The molecule has 0 radical (unpaired) electrons. The van der Waals surface area contributed by atoms with Crippen molar-refractivity contribution in [1.82, 2.24) is 19.9 Å². The Kier molecular flexibility index (Phi) is 7.96. The molecule has 0 saturated carbocycles. The molecular weight excluding hydrogens is 635 g/mol. The lowest BCUT2D eigenvalue weighted by molar-refractivity contribution is 1.02. The Balaban J connectivity index is 1.51. The van der Waals surface area contributed by atoms with Gasteiger partial charge < -0.3 is 9.97 Å². The molecule has 2 N–H and O–H groups in total. The molecular formula is C47H33N5. The van der Waals surface area contributed by atoms with Crippen LogP contribution < -0.4 is 0 Å². The molecule has 0 spiro atoms. The van der Waals surface area contributed by atoms with E-state index in [1.54, 1.807) is 0 Å². The zero-order chi connectivity index (χ0) is 34.9. The van der Waals surface area contributed by atoms with E-state index >= 15 is 0 Å². The number of benzene rings is 4. The average molecular weight is 668 g/mol. The number of H-pyrrole nitrogens is 2. The molecule has 7 aromatic rings. The molecule has 4 aromatic carbocycles. The summed E-state index contributed by atoms with van der Waals surface area (Å²) in [5.74, 6) is 0. The molecule has 0 aliphatic carbocycles. The van der Waals surface area contributed by atoms with Gasteiger partial charge in [-0.2, -0.15) is 5.26 Å². The number of fused-ring (bicyclic) bond motifs is 8. The highest BCUT2D eigenvalue weighted by Gasteiger charge is 2.20. The summed E-state index contributed by atoms with van der Waals surface area (Å²) in [7, 11) is 0. The first-order valence-electron chi connectivity index (χ1n) is 17.5. The van der Waals surface area contributed by atoms with Crippen LogP contribution in [0.2, 0.25) is 0 Å². The lowest BCUT2D eigenvalue weighted by Crippen LogP contribution is -1.90. The van der Waals surface area contributed by atoms with Gasteiger partial charge >= 0.3 is 0 Å². The van der Waals surface area contributed by atoms with Crippen LogP contribution in [-0.2, 0) is 6.42 Å². The van der Waals surface area contributed by atoms with E-state index in [4.69, 9.17) is 9.97 Å². The minimum atomic E-state index is 0.391. The van der Waals surface area contributed by atoms with E-state index in [1.807, 2.05) is 24.3 Å². The largest absolute Gasteiger partial charge is 0.354 e. The summed E-state index contributed by atoms with van der Waals surface area (Å²) >= 11 is 0. The second kappa shape index (κ2) is 13.4. The quantitative estimate of drug-likeness (QED) is 0.185. The van der Waals surface area contributed by atoms with Crippen molar-refractivity contribution < 1.29 is 0 Å². The zero-order valence-electron chi connectivity index (χ0n) is 28.3. The lowest BCUT2D eigenvalue weighted by Gasteiger charge is -2.07. The number of rotatable bonds is 6. The number of aryl methyl sites for hydroxylation is 1. The predicted octanol–water partition coefficient (Wildman–Crippen LogP) is 11.8. The van der Waals surface area contributed by atoms with Crippen molar-refractivity contribution in [3.8, 4) is 50.6 Å². The third kappa shape index (κ3) is 5.63. The highest BCUT2D eigenvalue weighted by Crippen LogP contribution is 2.39. The van der Waals surface area contributed by atoms with Gasteiger partial charge in [0.05, 0.1) is 34.4 Å². The summed E-state index contributed by atoms with van der Waals surface area (Å²) in [6.07, 6.45) is 9.45. The lowest BCUT2D eigenvalue weighted by atomic mass is 10.00. The fourth-order valence-electron chi connectivity index (χ4n) is 7.37. The summed E-state index contributed by atoms with van der Waals surface area (Å²) in [6.45, 7) is 0. The van der Waals surface area contributed by atoms with Gasteiger partial charge in [0.15, 0.2) is 0 Å². The summed E-state index contributed by atoms with van der Waals surface area (Å²) in [6, 6.07) is 50.6. The molecule has 0 amide bonds. The monoisotopic (exact) mass is 667 g/mol. The van der Waals surface area contributed by atoms with Gasteiger partial charge in [-0.1, -0.05) is 121 Å². The maximum Gasteiger partial charge on any atom is 0.0737 e. The summed E-state index contributed by atoms with van der Waals surface area (Å²) in [4.78, 5) is 18.5. The van der Waals surface area contributed by atoms with Crippen molar-refractivity contribution in [2.45, 2.75) is 12.8 Å². The zero-order valence-corrected chi connectivity index (χ0v) is 28.3. The predicted molar refractivity (Wildman–Crippen MR) is 215 cm³/mol. The standard InChI is InChI=1S/C47H33N5/c48-29-13-22-35-30-42-45(33-18-9-3-10-19-33)40-26-25-38(50-40)43(31-14-5-1-6-15-31)36-23-24-37(49-36)44(32-16-7-2-8-17-32)39-27-28-41(51-39)46(47(35)52-42)34-20-11-4-12-21-34/h1-12,14-21,23-28,30,49,52H,13,22H2. The molecule has 0 fully saturated rings. The topological polar surface area (TPSA) is 81.1 Å². The smallest absolute Gasteiger partial charge is 0.0737 e. The number of aromatic nitrogens is 4. The molecule has 0 unspecified atom stereocenters. The van der Waals surface area contributed by atoms with Gasteiger partial charge in [-0.15, -0.1) is 0 Å². The highest BCUT2D eigenvalue weighted by molar-refractivity contribution is 6.00. The summed E-state index contributed by atoms with van der Waals surface area (Å²) in [5, 5.41) is 9.75. The molecule has 52 heavy (non-hydrogen) atoms. The van der Waals surface area contributed by atoms with E-state index in [-0.39, 0.29) is 0 Å². The second-order valence-electron chi connectivity index (χ2n) is 12.9. The van der Waals surface area contributed by atoms with E-state index in [9.17, 15) is 5.26 Å². The number of aromatic amines is 2. The first-order valence-corrected chi connectivity index (χ1v) is 17.5.